The number of nitrogens with one attached hydrogen (secondary N) is 1. The molecular formula is C27H25BrN2O4. The molecule has 2 atom stereocenters. The number of alkyl halides is 1. The topological polar surface area (TPSA) is 78.9 Å². The summed E-state index contributed by atoms with van der Waals surface area (Å²) in [6, 6.07) is 22.4. The summed E-state index contributed by atoms with van der Waals surface area (Å²) in [6.45, 7) is 3.72. The van der Waals surface area contributed by atoms with E-state index >= 15 is 0 Å². The normalized spacial score (nSPS) is 19.1. The third kappa shape index (κ3) is 4.84. The molecule has 3 aromatic carbocycles. The summed E-state index contributed by atoms with van der Waals surface area (Å²) >= 11 is 3.76. The zero-order valence-electron chi connectivity index (χ0n) is 18.9. The van der Waals surface area contributed by atoms with Crippen LogP contribution in [0.25, 0.3) is 0 Å². The van der Waals surface area contributed by atoms with Gasteiger partial charge in [-0.15, -0.1) is 0 Å². The first kappa shape index (κ1) is 23.6. The Morgan fingerprint density at radius 2 is 1.76 bits per heavy atom. The minimum absolute atomic E-state index is 0.0276. The number of hydrogen-bond acceptors (Lipinski definition) is 4. The highest BCUT2D eigenvalue weighted by atomic mass is 79.9. The van der Waals surface area contributed by atoms with Crippen molar-refractivity contribution in [1.29, 1.82) is 0 Å². The molecule has 6 nitrogen and oxygen atoms in total. The SMILES string of the molecule is CC(=O)Nc1cccc(N2C(c3ccccc3OCc3ccccc3)C=CC2(C)Br)c1C(=O)O. The van der Waals surface area contributed by atoms with Crippen molar-refractivity contribution in [2.45, 2.75) is 30.9 Å². The fraction of sp³-hybridized carbons (Fsp3) is 0.185. The van der Waals surface area contributed by atoms with Crippen molar-refractivity contribution >= 4 is 39.2 Å². The average Bonchev–Trinajstić information content (AvgIpc) is 3.12. The van der Waals surface area contributed by atoms with Crippen LogP contribution in [0.1, 0.15) is 41.4 Å². The molecule has 2 N–H and O–H groups in total. The molecule has 0 aliphatic carbocycles. The minimum atomic E-state index is -1.12. The van der Waals surface area contributed by atoms with Gasteiger partial charge in [-0.2, -0.15) is 0 Å². The molecule has 1 aliphatic rings. The Bertz CT molecular complexity index is 1240. The highest BCUT2D eigenvalue weighted by Crippen LogP contribution is 2.48. The number of hydrogen-bond donors (Lipinski definition) is 2. The van der Waals surface area contributed by atoms with E-state index in [1.165, 1.54) is 6.92 Å². The number of amides is 1. The minimum Gasteiger partial charge on any atom is -0.489 e. The maximum atomic E-state index is 12.3. The number of carbonyl (C=O) groups excluding carboxylic acids is 1. The van der Waals surface area contributed by atoms with Crippen molar-refractivity contribution in [3.05, 3.63) is 102 Å². The van der Waals surface area contributed by atoms with Gasteiger partial charge < -0.3 is 20.1 Å². The van der Waals surface area contributed by atoms with E-state index < -0.39 is 10.4 Å². The second-order valence-electron chi connectivity index (χ2n) is 8.20. The van der Waals surface area contributed by atoms with Crippen molar-refractivity contribution < 1.29 is 19.4 Å². The van der Waals surface area contributed by atoms with Gasteiger partial charge in [0.1, 0.15) is 22.4 Å². The van der Waals surface area contributed by atoms with Crippen molar-refractivity contribution in [3.63, 3.8) is 0 Å². The van der Waals surface area contributed by atoms with E-state index in [0.717, 1.165) is 11.1 Å². The third-order valence-corrected chi connectivity index (χ3v) is 6.28. The Balaban J connectivity index is 1.76. The van der Waals surface area contributed by atoms with Gasteiger partial charge in [-0.3, -0.25) is 4.79 Å². The van der Waals surface area contributed by atoms with E-state index in [4.69, 9.17) is 4.74 Å². The van der Waals surface area contributed by atoms with E-state index in [1.54, 1.807) is 18.2 Å². The van der Waals surface area contributed by atoms with Crippen LogP contribution in [0, 0.1) is 0 Å². The van der Waals surface area contributed by atoms with Crippen LogP contribution in [0.3, 0.4) is 0 Å². The van der Waals surface area contributed by atoms with Crippen molar-refractivity contribution in [1.82, 2.24) is 0 Å². The molecule has 0 spiro atoms. The molecule has 1 amide bonds. The molecule has 34 heavy (non-hydrogen) atoms. The Labute approximate surface area is 207 Å². The molecule has 0 aromatic heterocycles. The third-order valence-electron chi connectivity index (χ3n) is 5.63. The molecule has 174 valence electrons. The highest BCUT2D eigenvalue weighted by molar-refractivity contribution is 9.10. The Morgan fingerprint density at radius 3 is 2.47 bits per heavy atom. The predicted molar refractivity (Wildman–Crippen MR) is 137 cm³/mol. The Morgan fingerprint density at radius 1 is 1.06 bits per heavy atom. The van der Waals surface area contributed by atoms with Gasteiger partial charge in [0.05, 0.1) is 17.4 Å². The molecule has 1 aliphatic heterocycles. The maximum Gasteiger partial charge on any atom is 0.339 e. The quantitative estimate of drug-likeness (QED) is 0.222. The molecule has 4 rings (SSSR count). The van der Waals surface area contributed by atoms with Crippen LogP contribution < -0.4 is 15.0 Å². The maximum absolute atomic E-state index is 12.3. The standard InChI is InChI=1S/C27H25BrN2O4/c1-18(31)29-21-12-8-13-23(25(21)26(32)33)30-22(15-16-27(30,2)28)20-11-6-7-14-24(20)34-17-19-9-4-3-5-10-19/h3-16,22H,17H2,1-2H3,(H,29,31)(H,32,33). The number of para-hydroxylation sites is 1. The number of carbonyl (C=O) groups is 2. The zero-order chi connectivity index (χ0) is 24.3. The molecular weight excluding hydrogens is 496 g/mol. The molecule has 0 radical (unpaired) electrons. The summed E-state index contributed by atoms with van der Waals surface area (Å²) in [6.07, 6.45) is 4.01. The second kappa shape index (κ2) is 9.73. The van der Waals surface area contributed by atoms with Crippen molar-refractivity contribution in [2.24, 2.45) is 0 Å². The lowest BCUT2D eigenvalue weighted by molar-refractivity contribution is -0.114. The number of nitrogens with zero attached hydrogens (tertiary/aromatic N) is 1. The lowest BCUT2D eigenvalue weighted by atomic mass is 10.0. The molecule has 3 aromatic rings. The van der Waals surface area contributed by atoms with Crippen LogP contribution in [-0.2, 0) is 11.4 Å². The number of carboxylic acids is 1. The van der Waals surface area contributed by atoms with Gasteiger partial charge in [-0.25, -0.2) is 4.79 Å². The molecule has 0 saturated heterocycles. The van der Waals surface area contributed by atoms with Gasteiger partial charge in [0.15, 0.2) is 0 Å². The van der Waals surface area contributed by atoms with Crippen LogP contribution in [0.15, 0.2) is 84.9 Å². The number of aromatic carboxylic acids is 1. The Hall–Kier alpha value is -3.58. The molecule has 0 fully saturated rings. The van der Waals surface area contributed by atoms with Gasteiger partial charge >= 0.3 is 5.97 Å². The van der Waals surface area contributed by atoms with Crippen LogP contribution in [-0.4, -0.2) is 21.4 Å². The number of ether oxygens (including phenoxy) is 1. The first-order chi connectivity index (χ1) is 16.3. The number of rotatable bonds is 7. The molecule has 0 bridgehead atoms. The van der Waals surface area contributed by atoms with E-state index in [1.807, 2.05) is 78.6 Å². The lowest BCUT2D eigenvalue weighted by Crippen LogP contribution is -2.39. The number of benzene rings is 3. The van der Waals surface area contributed by atoms with Gasteiger partial charge in [0.25, 0.3) is 0 Å². The van der Waals surface area contributed by atoms with Crippen molar-refractivity contribution in [2.75, 3.05) is 10.2 Å². The average molecular weight is 521 g/mol. The number of halogens is 1. The summed E-state index contributed by atoms with van der Waals surface area (Å²) in [5.74, 6) is -0.745. The molecule has 2 unspecified atom stereocenters. The first-order valence-electron chi connectivity index (χ1n) is 10.8. The van der Waals surface area contributed by atoms with E-state index in [2.05, 4.69) is 21.2 Å². The summed E-state index contributed by atoms with van der Waals surface area (Å²) in [5.41, 5.74) is 2.71. The van der Waals surface area contributed by atoms with E-state index in [9.17, 15) is 14.7 Å². The summed E-state index contributed by atoms with van der Waals surface area (Å²) in [7, 11) is 0. The van der Waals surface area contributed by atoms with E-state index in [-0.39, 0.29) is 23.2 Å². The van der Waals surface area contributed by atoms with Crippen molar-refractivity contribution in [3.8, 4) is 5.75 Å². The molecule has 1 heterocycles. The lowest BCUT2D eigenvalue weighted by Gasteiger charge is -2.38. The Kier molecular flexibility index (Phi) is 6.75. The van der Waals surface area contributed by atoms with Gasteiger partial charge in [0.2, 0.25) is 5.91 Å². The second-order valence-corrected chi connectivity index (χ2v) is 9.80. The van der Waals surface area contributed by atoms with Crippen LogP contribution in [0.5, 0.6) is 5.75 Å². The number of anilines is 2. The van der Waals surface area contributed by atoms with Crippen LogP contribution in [0.4, 0.5) is 11.4 Å². The smallest absolute Gasteiger partial charge is 0.339 e. The number of carboxylic acid groups (broad SMARTS) is 1. The summed E-state index contributed by atoms with van der Waals surface area (Å²) in [5, 5.41) is 12.7. The van der Waals surface area contributed by atoms with Gasteiger partial charge in [0, 0.05) is 12.5 Å². The van der Waals surface area contributed by atoms with Gasteiger partial charge in [-0.1, -0.05) is 82.7 Å². The zero-order valence-corrected chi connectivity index (χ0v) is 20.5. The molecule has 0 saturated carbocycles. The van der Waals surface area contributed by atoms with Crippen LogP contribution in [0.2, 0.25) is 0 Å². The van der Waals surface area contributed by atoms with Gasteiger partial charge in [-0.05, 0) is 30.7 Å². The monoisotopic (exact) mass is 520 g/mol. The molecule has 7 heteroatoms. The largest absolute Gasteiger partial charge is 0.489 e. The highest BCUT2D eigenvalue weighted by Gasteiger charge is 2.40. The fourth-order valence-corrected chi connectivity index (χ4v) is 4.75. The first-order valence-corrected chi connectivity index (χ1v) is 11.6. The summed E-state index contributed by atoms with van der Waals surface area (Å²) in [4.78, 5) is 26.0. The fourth-order valence-electron chi connectivity index (χ4n) is 4.18. The summed E-state index contributed by atoms with van der Waals surface area (Å²) < 4.78 is 5.53. The predicted octanol–water partition coefficient (Wildman–Crippen LogP) is 6.15. The van der Waals surface area contributed by atoms with E-state index in [0.29, 0.717) is 18.0 Å². The van der Waals surface area contributed by atoms with Crippen LogP contribution >= 0.6 is 15.9 Å².